The number of hydrogen-bond donors (Lipinski definition) is 5. The first-order valence-corrected chi connectivity index (χ1v) is 8.16. The van der Waals surface area contributed by atoms with Crippen LogP contribution in [0.25, 0.3) is 22.3 Å². The maximum Gasteiger partial charge on any atom is 0.446 e. The quantitative estimate of drug-likeness (QED) is 0.329. The predicted molar refractivity (Wildman–Crippen MR) is 86.8 cm³/mol. The summed E-state index contributed by atoms with van der Waals surface area (Å²) in [5, 5.41) is 37.6. The molecule has 0 spiro atoms. The maximum absolute atomic E-state index is 12.6. The van der Waals surface area contributed by atoms with E-state index in [9.17, 15) is 33.6 Å². The predicted octanol–water partition coefficient (Wildman–Crippen LogP) is 1.46. The van der Waals surface area contributed by atoms with Crippen LogP contribution in [0.2, 0.25) is 0 Å². The topological polar surface area (TPSA) is 175 Å². The number of phenols is 4. The molecule has 0 unspecified atom stereocenters. The van der Waals surface area contributed by atoms with Crippen molar-refractivity contribution in [2.75, 3.05) is 0 Å². The Morgan fingerprint density at radius 1 is 0.962 bits per heavy atom. The van der Waals surface area contributed by atoms with Crippen LogP contribution in [0.4, 0.5) is 0 Å². The smallest absolute Gasteiger partial charge is 0.446 e. The molecule has 2 aromatic carbocycles. The fraction of sp³-hybridized carbons (Fsp3) is 0. The van der Waals surface area contributed by atoms with Crippen molar-refractivity contribution < 1.29 is 42.0 Å². The Labute approximate surface area is 144 Å². The first-order chi connectivity index (χ1) is 12.1. The Morgan fingerprint density at radius 2 is 1.58 bits per heavy atom. The molecule has 0 atom stereocenters. The molecule has 3 rings (SSSR count). The van der Waals surface area contributed by atoms with Gasteiger partial charge in [-0.1, -0.05) is 0 Å². The van der Waals surface area contributed by atoms with Crippen molar-refractivity contribution in [2.45, 2.75) is 0 Å². The van der Waals surface area contributed by atoms with Crippen LogP contribution < -0.4 is 9.61 Å². The second kappa shape index (κ2) is 5.82. The number of hydrogen-bond acceptors (Lipinski definition) is 9. The van der Waals surface area contributed by atoms with Crippen molar-refractivity contribution in [3.63, 3.8) is 0 Å². The monoisotopic (exact) mass is 382 g/mol. The van der Waals surface area contributed by atoms with Gasteiger partial charge in [-0.05, 0) is 24.3 Å². The van der Waals surface area contributed by atoms with Crippen molar-refractivity contribution in [1.29, 1.82) is 0 Å². The molecule has 5 N–H and O–H groups in total. The minimum absolute atomic E-state index is 0.0764. The Balaban J connectivity index is 2.45. The molecule has 26 heavy (non-hydrogen) atoms. The summed E-state index contributed by atoms with van der Waals surface area (Å²) < 4.78 is 40.7. The zero-order valence-corrected chi connectivity index (χ0v) is 13.4. The lowest BCUT2D eigenvalue weighted by Gasteiger charge is -2.11. The molecule has 11 heteroatoms. The van der Waals surface area contributed by atoms with Crippen LogP contribution in [0.1, 0.15) is 0 Å². The number of aromatic hydroxyl groups is 4. The summed E-state index contributed by atoms with van der Waals surface area (Å²) in [5.74, 6) is -4.48. The average molecular weight is 382 g/mol. The van der Waals surface area contributed by atoms with E-state index in [-0.39, 0.29) is 11.3 Å². The lowest BCUT2D eigenvalue weighted by molar-refractivity contribution is 0.368. The third-order valence-corrected chi connectivity index (χ3v) is 3.76. The van der Waals surface area contributed by atoms with E-state index in [0.29, 0.717) is 0 Å². The van der Waals surface area contributed by atoms with Crippen LogP contribution in [0.15, 0.2) is 39.5 Å². The molecule has 0 saturated heterocycles. The molecule has 1 heterocycles. The molecule has 0 amide bonds. The van der Waals surface area contributed by atoms with Crippen LogP contribution in [-0.2, 0) is 10.4 Å². The summed E-state index contributed by atoms with van der Waals surface area (Å²) in [6.07, 6.45) is 0. The van der Waals surface area contributed by atoms with Crippen molar-refractivity contribution in [1.82, 2.24) is 0 Å². The van der Waals surface area contributed by atoms with E-state index >= 15 is 0 Å². The molecule has 0 bridgehead atoms. The van der Waals surface area contributed by atoms with Gasteiger partial charge in [-0.2, -0.15) is 8.42 Å². The highest BCUT2D eigenvalue weighted by Gasteiger charge is 2.26. The molecule has 0 aliphatic heterocycles. The number of benzene rings is 2. The molecular weight excluding hydrogens is 372 g/mol. The Kier molecular flexibility index (Phi) is 3.89. The normalized spacial score (nSPS) is 11.6. The fourth-order valence-electron chi connectivity index (χ4n) is 2.28. The van der Waals surface area contributed by atoms with Gasteiger partial charge >= 0.3 is 10.4 Å². The van der Waals surface area contributed by atoms with Gasteiger partial charge in [0.05, 0.1) is 0 Å². The second-order valence-corrected chi connectivity index (χ2v) is 6.14. The van der Waals surface area contributed by atoms with Gasteiger partial charge in [0.2, 0.25) is 16.9 Å². The molecular formula is C15H10O10S. The molecule has 0 fully saturated rings. The Bertz CT molecular complexity index is 1180. The largest absolute Gasteiger partial charge is 0.508 e. The van der Waals surface area contributed by atoms with E-state index in [4.69, 9.17) is 8.97 Å². The maximum atomic E-state index is 12.6. The van der Waals surface area contributed by atoms with E-state index in [0.717, 1.165) is 6.07 Å². The highest BCUT2D eigenvalue weighted by molar-refractivity contribution is 7.81. The van der Waals surface area contributed by atoms with Crippen LogP contribution >= 0.6 is 0 Å². The van der Waals surface area contributed by atoms with Gasteiger partial charge in [-0.3, -0.25) is 9.35 Å². The zero-order chi connectivity index (χ0) is 19.2. The van der Waals surface area contributed by atoms with Crippen molar-refractivity contribution in [2.24, 2.45) is 0 Å². The minimum Gasteiger partial charge on any atom is -0.508 e. The summed E-state index contributed by atoms with van der Waals surface area (Å²) in [4.78, 5) is 12.6. The van der Waals surface area contributed by atoms with Gasteiger partial charge in [0.1, 0.15) is 16.7 Å². The van der Waals surface area contributed by atoms with Gasteiger partial charge in [0.25, 0.3) is 0 Å². The van der Waals surface area contributed by atoms with E-state index in [1.54, 1.807) is 0 Å². The molecule has 0 saturated carbocycles. The van der Waals surface area contributed by atoms with Gasteiger partial charge in [0, 0.05) is 11.6 Å². The minimum atomic E-state index is -5.14. The number of fused-ring (bicyclic) bond motifs is 1. The summed E-state index contributed by atoms with van der Waals surface area (Å²) in [6.45, 7) is 0. The van der Waals surface area contributed by atoms with Crippen LogP contribution in [0, 0.1) is 0 Å². The van der Waals surface area contributed by atoms with Gasteiger partial charge < -0.3 is 29.0 Å². The van der Waals surface area contributed by atoms with Crippen LogP contribution in [0.5, 0.6) is 28.7 Å². The molecule has 0 aliphatic rings. The van der Waals surface area contributed by atoms with E-state index in [2.05, 4.69) is 4.18 Å². The summed E-state index contributed by atoms with van der Waals surface area (Å²) in [5.41, 5.74) is -1.55. The van der Waals surface area contributed by atoms with Gasteiger partial charge in [-0.15, -0.1) is 0 Å². The summed E-state index contributed by atoms with van der Waals surface area (Å²) >= 11 is 0. The number of rotatable bonds is 3. The first-order valence-electron chi connectivity index (χ1n) is 6.79. The first kappa shape index (κ1) is 17.4. The van der Waals surface area contributed by atoms with Crippen molar-refractivity contribution in [3.8, 4) is 40.1 Å². The lowest BCUT2D eigenvalue weighted by Crippen LogP contribution is -2.15. The molecule has 0 aliphatic carbocycles. The zero-order valence-electron chi connectivity index (χ0n) is 12.6. The highest BCUT2D eigenvalue weighted by Crippen LogP contribution is 2.42. The summed E-state index contributed by atoms with van der Waals surface area (Å²) in [7, 11) is -5.14. The highest BCUT2D eigenvalue weighted by atomic mass is 32.3. The van der Waals surface area contributed by atoms with Crippen LogP contribution in [-0.4, -0.2) is 33.4 Å². The average Bonchev–Trinajstić information content (AvgIpc) is 2.55. The number of phenolic OH excluding ortho intramolecular Hbond substituents is 4. The second-order valence-electron chi connectivity index (χ2n) is 5.11. The van der Waals surface area contributed by atoms with Gasteiger partial charge in [0.15, 0.2) is 17.3 Å². The van der Waals surface area contributed by atoms with Crippen molar-refractivity contribution >= 4 is 21.4 Å². The third-order valence-electron chi connectivity index (χ3n) is 3.39. The SMILES string of the molecule is O=c1c(OS(=O)(=O)O)c(-c2ccc(O)cc2)oc2cc(O)c(O)c(O)c12. The van der Waals surface area contributed by atoms with Crippen molar-refractivity contribution in [3.05, 3.63) is 40.6 Å². The Hall–Kier alpha value is -3.44. The van der Waals surface area contributed by atoms with E-state index in [1.165, 1.54) is 24.3 Å². The molecule has 10 nitrogen and oxygen atoms in total. The van der Waals surface area contributed by atoms with E-state index in [1.807, 2.05) is 0 Å². The molecule has 0 radical (unpaired) electrons. The molecule has 1 aromatic heterocycles. The van der Waals surface area contributed by atoms with Crippen LogP contribution in [0.3, 0.4) is 0 Å². The molecule has 3 aromatic rings. The summed E-state index contributed by atoms with van der Waals surface area (Å²) in [6, 6.07) is 5.77. The Morgan fingerprint density at radius 3 is 2.15 bits per heavy atom. The fourth-order valence-corrected chi connectivity index (χ4v) is 2.64. The molecule has 136 valence electrons. The lowest BCUT2D eigenvalue weighted by atomic mass is 10.1. The standard InChI is InChI=1S/C15H10O10S/c16-7-3-1-6(2-4-7)14-15(25-26(21,22)23)13(20)10-9(24-14)5-8(17)11(18)12(10)19/h1-5,16-19H,(H,21,22,23). The third kappa shape index (κ3) is 2.96. The van der Waals surface area contributed by atoms with Gasteiger partial charge in [-0.25, -0.2) is 0 Å². The van der Waals surface area contributed by atoms with E-state index < -0.39 is 55.6 Å².